The van der Waals surface area contributed by atoms with Gasteiger partial charge in [-0.2, -0.15) is 4.57 Å². The van der Waals surface area contributed by atoms with Gasteiger partial charge in [-0.1, -0.05) is 59.7 Å². The van der Waals surface area contributed by atoms with Crippen LogP contribution in [0.5, 0.6) is 17.2 Å². The Balaban J connectivity index is 2.16. The van der Waals surface area contributed by atoms with Gasteiger partial charge in [0, 0.05) is 0 Å². The van der Waals surface area contributed by atoms with Crippen LogP contribution in [0, 0.1) is 20.8 Å². The molecule has 4 nitrogen and oxygen atoms in total. The Morgan fingerprint density at radius 3 is 0.947 bits per heavy atom. The summed E-state index contributed by atoms with van der Waals surface area (Å²) in [6, 6.07) is 11.9. The monoisotopic (exact) mass is 536 g/mol. The number of benzene rings is 3. The van der Waals surface area contributed by atoms with E-state index in [0.29, 0.717) is 17.2 Å². The van der Waals surface area contributed by atoms with Crippen molar-refractivity contribution >= 4 is 7.82 Å². The molecule has 0 aliphatic heterocycles. The molecule has 0 heterocycles. The minimum atomic E-state index is -4.14. The van der Waals surface area contributed by atoms with Crippen molar-refractivity contribution in [2.24, 2.45) is 0 Å². The van der Waals surface area contributed by atoms with Crippen molar-refractivity contribution in [2.45, 2.75) is 101 Å². The van der Waals surface area contributed by atoms with Gasteiger partial charge in [0.1, 0.15) is 17.2 Å². The average Bonchev–Trinajstić information content (AvgIpc) is 2.89. The highest BCUT2D eigenvalue weighted by Gasteiger charge is 2.36. The summed E-state index contributed by atoms with van der Waals surface area (Å²) in [7, 11) is -4.14. The van der Waals surface area contributed by atoms with E-state index in [9.17, 15) is 4.57 Å². The molecule has 0 N–H and O–H groups in total. The van der Waals surface area contributed by atoms with Crippen molar-refractivity contribution in [3.8, 4) is 17.2 Å². The first-order chi connectivity index (χ1) is 18.2. The highest BCUT2D eigenvalue weighted by Crippen LogP contribution is 2.53. The Hall–Kier alpha value is -2.71. The molecule has 0 aliphatic rings. The lowest BCUT2D eigenvalue weighted by atomic mass is 9.98. The molecule has 38 heavy (non-hydrogen) atoms. The highest BCUT2D eigenvalue weighted by atomic mass is 31.2. The molecule has 0 radical (unpaired) electrons. The molecule has 0 unspecified atom stereocenters. The van der Waals surface area contributed by atoms with Crippen LogP contribution in [0.15, 0.2) is 36.4 Å². The maximum atomic E-state index is 14.7. The maximum Gasteiger partial charge on any atom is 0.647 e. The lowest BCUT2D eigenvalue weighted by Gasteiger charge is -2.25. The first kappa shape index (κ1) is 29.8. The summed E-state index contributed by atoms with van der Waals surface area (Å²) in [5, 5.41) is 0. The molecule has 3 aromatic rings. The molecule has 0 atom stereocenters. The predicted octanol–water partition coefficient (Wildman–Crippen LogP) is 9.63. The van der Waals surface area contributed by atoms with Gasteiger partial charge in [0.25, 0.3) is 0 Å². The molecule has 0 aliphatic carbocycles. The number of phosphoric acid groups is 1. The van der Waals surface area contributed by atoms with Gasteiger partial charge < -0.3 is 13.6 Å². The van der Waals surface area contributed by atoms with E-state index in [-0.39, 0.29) is 0 Å². The van der Waals surface area contributed by atoms with Crippen LogP contribution in [0.4, 0.5) is 0 Å². The van der Waals surface area contributed by atoms with Crippen molar-refractivity contribution in [3.05, 3.63) is 86.5 Å². The second kappa shape index (κ2) is 12.9. The van der Waals surface area contributed by atoms with Gasteiger partial charge in [0.2, 0.25) is 0 Å². The van der Waals surface area contributed by atoms with Gasteiger partial charge in [-0.05, 0) is 128 Å². The predicted molar refractivity (Wildman–Crippen MR) is 159 cm³/mol. The Kier molecular flexibility index (Phi) is 10.1. The van der Waals surface area contributed by atoms with E-state index in [1.165, 1.54) is 16.7 Å². The molecular weight excluding hydrogens is 491 g/mol. The fourth-order valence-electron chi connectivity index (χ4n) is 5.48. The SMILES string of the molecule is CCc1ccc(OP(=O)(Oc2ccc(CC)c(C)c2CC)Oc2ccc(CC)c(C)c2CC)c(CC)c1C. The van der Waals surface area contributed by atoms with Crippen molar-refractivity contribution in [3.63, 3.8) is 0 Å². The molecule has 0 amide bonds. The van der Waals surface area contributed by atoms with E-state index in [2.05, 4.69) is 62.3 Å². The normalized spacial score (nSPS) is 11.5. The maximum absolute atomic E-state index is 14.7. The van der Waals surface area contributed by atoms with Gasteiger partial charge >= 0.3 is 7.82 Å². The second-order valence-electron chi connectivity index (χ2n) is 9.82. The lowest BCUT2D eigenvalue weighted by Crippen LogP contribution is -2.12. The molecular formula is C33H45O4P. The molecule has 0 aromatic heterocycles. The van der Waals surface area contributed by atoms with E-state index >= 15 is 0 Å². The van der Waals surface area contributed by atoms with Crippen molar-refractivity contribution in [1.29, 1.82) is 0 Å². The first-order valence-electron chi connectivity index (χ1n) is 14.2. The standard InChI is InChI=1S/C33H45O4P/c1-10-25-16-19-31(28(13-4)22(25)7)35-38(34,36-32-20-17-26(11-2)23(8)29(32)14-5)37-33-21-18-27(12-3)24(9)30(33)15-6/h16-21H,10-15H2,1-9H3. The molecule has 5 heteroatoms. The summed E-state index contributed by atoms with van der Waals surface area (Å²) in [5.41, 5.74) is 10.3. The van der Waals surface area contributed by atoms with E-state index in [0.717, 1.165) is 71.9 Å². The molecule has 206 valence electrons. The minimum absolute atomic E-state index is 0.547. The van der Waals surface area contributed by atoms with Crippen LogP contribution in [0.25, 0.3) is 0 Å². The zero-order chi connectivity index (χ0) is 28.0. The smallest absolute Gasteiger partial charge is 0.386 e. The van der Waals surface area contributed by atoms with Gasteiger partial charge in [0.15, 0.2) is 0 Å². The third kappa shape index (κ3) is 6.12. The Bertz CT molecular complexity index is 1160. The summed E-state index contributed by atoms with van der Waals surface area (Å²) >= 11 is 0. The van der Waals surface area contributed by atoms with Gasteiger partial charge in [0.05, 0.1) is 0 Å². The van der Waals surface area contributed by atoms with E-state index in [1.807, 2.05) is 36.4 Å². The van der Waals surface area contributed by atoms with Crippen LogP contribution < -0.4 is 13.6 Å². The van der Waals surface area contributed by atoms with Crippen molar-refractivity contribution in [2.75, 3.05) is 0 Å². The minimum Gasteiger partial charge on any atom is -0.386 e. The summed E-state index contributed by atoms with van der Waals surface area (Å²) in [5.74, 6) is 1.64. The fraction of sp³-hybridized carbons (Fsp3) is 0.455. The Labute approximate surface area is 230 Å². The number of aryl methyl sites for hydroxylation is 3. The molecule has 3 aromatic carbocycles. The van der Waals surface area contributed by atoms with Crippen molar-refractivity contribution < 1.29 is 18.1 Å². The van der Waals surface area contributed by atoms with Crippen molar-refractivity contribution in [1.82, 2.24) is 0 Å². The molecule has 0 fully saturated rings. The highest BCUT2D eigenvalue weighted by molar-refractivity contribution is 7.49. The molecule has 0 saturated carbocycles. The summed E-state index contributed by atoms with van der Waals surface area (Å²) in [6.45, 7) is 19.0. The number of hydrogen-bond acceptors (Lipinski definition) is 4. The van der Waals surface area contributed by atoms with Crippen LogP contribution in [0.2, 0.25) is 0 Å². The third-order valence-electron chi connectivity index (χ3n) is 7.84. The van der Waals surface area contributed by atoms with Crippen LogP contribution in [-0.2, 0) is 43.1 Å². The van der Waals surface area contributed by atoms with Crippen LogP contribution in [0.1, 0.15) is 91.6 Å². The van der Waals surface area contributed by atoms with Crippen LogP contribution in [0.3, 0.4) is 0 Å². The Morgan fingerprint density at radius 2 is 0.737 bits per heavy atom. The fourth-order valence-corrected chi connectivity index (χ4v) is 6.83. The Morgan fingerprint density at radius 1 is 0.474 bits per heavy atom. The van der Waals surface area contributed by atoms with Crippen LogP contribution in [-0.4, -0.2) is 0 Å². The zero-order valence-corrected chi connectivity index (χ0v) is 25.7. The topological polar surface area (TPSA) is 44.8 Å². The van der Waals surface area contributed by atoms with Gasteiger partial charge in [-0.3, -0.25) is 0 Å². The molecule has 0 saturated heterocycles. The molecule has 3 rings (SSSR count). The van der Waals surface area contributed by atoms with E-state index in [1.54, 1.807) is 0 Å². The second-order valence-corrected chi connectivity index (χ2v) is 11.3. The molecule has 0 bridgehead atoms. The quantitative estimate of drug-likeness (QED) is 0.216. The zero-order valence-electron chi connectivity index (χ0n) is 24.8. The molecule has 0 spiro atoms. The lowest BCUT2D eigenvalue weighted by molar-refractivity contribution is 0.295. The largest absolute Gasteiger partial charge is 0.647 e. The number of hydrogen-bond donors (Lipinski definition) is 0. The summed E-state index contributed by atoms with van der Waals surface area (Å²) < 4.78 is 33.6. The van der Waals surface area contributed by atoms with Crippen LogP contribution >= 0.6 is 7.82 Å². The summed E-state index contributed by atoms with van der Waals surface area (Å²) in [4.78, 5) is 0. The first-order valence-corrected chi connectivity index (χ1v) is 15.6. The van der Waals surface area contributed by atoms with E-state index in [4.69, 9.17) is 13.6 Å². The van der Waals surface area contributed by atoms with Gasteiger partial charge in [-0.15, -0.1) is 0 Å². The average molecular weight is 537 g/mol. The summed E-state index contributed by atoms with van der Waals surface area (Å²) in [6.07, 6.45) is 5.04. The number of phosphoric ester groups is 1. The van der Waals surface area contributed by atoms with E-state index < -0.39 is 7.82 Å². The third-order valence-corrected chi connectivity index (χ3v) is 9.10. The number of rotatable bonds is 12. The van der Waals surface area contributed by atoms with Gasteiger partial charge in [-0.25, -0.2) is 0 Å².